The molecule has 0 aromatic carbocycles. The molecule has 0 bridgehead atoms. The van der Waals surface area contributed by atoms with E-state index in [-0.39, 0.29) is 24.5 Å². The van der Waals surface area contributed by atoms with Crippen LogP contribution in [0.1, 0.15) is 27.2 Å². The van der Waals surface area contributed by atoms with Gasteiger partial charge in [-0.25, -0.2) is 0 Å². The van der Waals surface area contributed by atoms with Crippen LogP contribution in [-0.4, -0.2) is 23.7 Å². The molecule has 76 valence electrons. The van der Waals surface area contributed by atoms with E-state index in [1.807, 2.05) is 6.92 Å². The van der Waals surface area contributed by atoms with Crippen molar-refractivity contribution in [2.75, 3.05) is 6.61 Å². The Morgan fingerprint density at radius 1 is 1.54 bits per heavy atom. The second-order valence-electron chi connectivity index (χ2n) is 4.34. The summed E-state index contributed by atoms with van der Waals surface area (Å²) in [5.41, 5.74) is 0. The van der Waals surface area contributed by atoms with Crippen LogP contribution in [0.5, 0.6) is 0 Å². The van der Waals surface area contributed by atoms with Gasteiger partial charge in [0.05, 0.1) is 6.61 Å². The molecule has 3 nitrogen and oxygen atoms in total. The summed E-state index contributed by atoms with van der Waals surface area (Å²) in [7, 11) is 0. The molecule has 0 radical (unpaired) electrons. The molecule has 1 saturated carbocycles. The van der Waals surface area contributed by atoms with Gasteiger partial charge >= 0.3 is 0 Å². The van der Waals surface area contributed by atoms with Crippen molar-refractivity contribution in [2.24, 2.45) is 17.8 Å². The van der Waals surface area contributed by atoms with Crippen LogP contribution in [0.2, 0.25) is 0 Å². The first-order valence-corrected chi connectivity index (χ1v) is 4.97. The number of aliphatic hydroxyl groups is 1. The second kappa shape index (κ2) is 4.09. The fraction of sp³-hybridized carbons (Fsp3) is 0.900. The number of rotatable bonds is 4. The maximum absolute atomic E-state index is 11.5. The monoisotopic (exact) mass is 185 g/mol. The van der Waals surface area contributed by atoms with Crippen molar-refractivity contribution in [2.45, 2.75) is 33.2 Å². The highest BCUT2D eigenvalue weighted by Gasteiger charge is 2.44. The molecule has 0 saturated heterocycles. The van der Waals surface area contributed by atoms with Gasteiger partial charge in [-0.3, -0.25) is 4.79 Å². The number of carbonyl (C=O) groups is 1. The summed E-state index contributed by atoms with van der Waals surface area (Å²) >= 11 is 0. The van der Waals surface area contributed by atoms with E-state index in [1.165, 1.54) is 0 Å². The van der Waals surface area contributed by atoms with Crippen molar-refractivity contribution in [3.63, 3.8) is 0 Å². The summed E-state index contributed by atoms with van der Waals surface area (Å²) in [6.45, 7) is 6.12. The highest BCUT2D eigenvalue weighted by molar-refractivity contribution is 5.81. The first-order valence-electron chi connectivity index (χ1n) is 4.97. The zero-order chi connectivity index (χ0) is 10.0. The lowest BCUT2D eigenvalue weighted by Gasteiger charge is -2.10. The third kappa shape index (κ3) is 2.69. The summed E-state index contributed by atoms with van der Waals surface area (Å²) in [6.07, 6.45) is 1.02. The van der Waals surface area contributed by atoms with Gasteiger partial charge in [0.1, 0.15) is 0 Å². The van der Waals surface area contributed by atoms with Gasteiger partial charge in [-0.05, 0) is 25.2 Å². The van der Waals surface area contributed by atoms with Gasteiger partial charge in [-0.2, -0.15) is 0 Å². The summed E-state index contributed by atoms with van der Waals surface area (Å²) < 4.78 is 0. The maximum Gasteiger partial charge on any atom is 0.223 e. The van der Waals surface area contributed by atoms with Crippen molar-refractivity contribution in [1.29, 1.82) is 0 Å². The number of carbonyl (C=O) groups excluding carboxylic acids is 1. The normalized spacial score (nSPS) is 28.7. The lowest BCUT2D eigenvalue weighted by Crippen LogP contribution is -2.36. The van der Waals surface area contributed by atoms with Gasteiger partial charge in [0.25, 0.3) is 0 Å². The van der Waals surface area contributed by atoms with Crippen LogP contribution < -0.4 is 5.32 Å². The van der Waals surface area contributed by atoms with E-state index in [0.717, 1.165) is 6.42 Å². The van der Waals surface area contributed by atoms with Crippen molar-refractivity contribution >= 4 is 5.91 Å². The Kier molecular flexibility index (Phi) is 3.31. The minimum atomic E-state index is -0.110. The largest absolute Gasteiger partial charge is 0.394 e. The summed E-state index contributed by atoms with van der Waals surface area (Å²) in [6, 6.07) is -0.110. The Bertz CT molecular complexity index is 191. The highest BCUT2D eigenvalue weighted by Crippen LogP contribution is 2.44. The highest BCUT2D eigenvalue weighted by atomic mass is 16.3. The quantitative estimate of drug-likeness (QED) is 0.680. The molecule has 0 aromatic rings. The lowest BCUT2D eigenvalue weighted by molar-refractivity contribution is -0.123. The Hall–Kier alpha value is -0.570. The van der Waals surface area contributed by atoms with Crippen LogP contribution in [0.25, 0.3) is 0 Å². The number of nitrogens with one attached hydrogen (secondary N) is 1. The van der Waals surface area contributed by atoms with Gasteiger partial charge in [-0.15, -0.1) is 0 Å². The maximum atomic E-state index is 11.5. The fourth-order valence-corrected chi connectivity index (χ4v) is 1.65. The van der Waals surface area contributed by atoms with Gasteiger partial charge in [0.2, 0.25) is 5.91 Å². The first kappa shape index (κ1) is 10.5. The van der Waals surface area contributed by atoms with Gasteiger partial charge < -0.3 is 10.4 Å². The molecule has 1 aliphatic rings. The molecule has 0 spiro atoms. The topological polar surface area (TPSA) is 49.3 Å². The molecule has 1 fully saturated rings. The molecule has 1 aliphatic carbocycles. The number of hydrogen-bond acceptors (Lipinski definition) is 2. The van der Waals surface area contributed by atoms with E-state index in [0.29, 0.717) is 11.8 Å². The average molecular weight is 185 g/mol. The predicted octanol–water partition coefficient (Wildman–Crippen LogP) is 0.775. The van der Waals surface area contributed by atoms with E-state index in [4.69, 9.17) is 5.11 Å². The first-order chi connectivity index (χ1) is 6.06. The second-order valence-corrected chi connectivity index (χ2v) is 4.34. The molecule has 1 amide bonds. The molecule has 3 unspecified atom stereocenters. The summed E-state index contributed by atoms with van der Waals surface area (Å²) in [5, 5.41) is 11.5. The zero-order valence-corrected chi connectivity index (χ0v) is 8.58. The number of hydrogen-bond donors (Lipinski definition) is 2. The molecule has 13 heavy (non-hydrogen) atoms. The van der Waals surface area contributed by atoms with E-state index in [9.17, 15) is 4.79 Å². The Morgan fingerprint density at radius 2 is 2.15 bits per heavy atom. The molecule has 0 heterocycles. The van der Waals surface area contributed by atoms with Crippen molar-refractivity contribution in [3.8, 4) is 0 Å². The van der Waals surface area contributed by atoms with Gasteiger partial charge in [-0.1, -0.05) is 13.8 Å². The molecule has 1 rings (SSSR count). The minimum Gasteiger partial charge on any atom is -0.394 e. The predicted molar refractivity (Wildman–Crippen MR) is 51.1 cm³/mol. The van der Waals surface area contributed by atoms with Crippen LogP contribution in [-0.2, 0) is 4.79 Å². The third-order valence-electron chi connectivity index (χ3n) is 2.70. The van der Waals surface area contributed by atoms with E-state index in [2.05, 4.69) is 19.2 Å². The smallest absolute Gasteiger partial charge is 0.223 e. The van der Waals surface area contributed by atoms with E-state index < -0.39 is 0 Å². The standard InChI is InChI=1S/C10H19NO2/c1-6(2)8-4-9(8)10(13)11-7(3)5-12/h6-9,12H,4-5H2,1-3H3,(H,11,13). The Balaban J connectivity index is 2.27. The Labute approximate surface area is 79.5 Å². The third-order valence-corrected chi connectivity index (χ3v) is 2.70. The summed E-state index contributed by atoms with van der Waals surface area (Å²) in [5.74, 6) is 1.47. The van der Waals surface area contributed by atoms with E-state index >= 15 is 0 Å². The molecule has 0 aromatic heterocycles. The number of aliphatic hydroxyl groups excluding tert-OH is 1. The van der Waals surface area contributed by atoms with Gasteiger partial charge in [0, 0.05) is 12.0 Å². The van der Waals surface area contributed by atoms with Crippen LogP contribution in [0.15, 0.2) is 0 Å². The van der Waals surface area contributed by atoms with Crippen molar-refractivity contribution in [3.05, 3.63) is 0 Å². The summed E-state index contributed by atoms with van der Waals surface area (Å²) in [4.78, 5) is 11.5. The van der Waals surface area contributed by atoms with Gasteiger partial charge in [0.15, 0.2) is 0 Å². The number of amides is 1. The Morgan fingerprint density at radius 3 is 2.54 bits per heavy atom. The lowest BCUT2D eigenvalue weighted by atomic mass is 10.1. The molecule has 3 atom stereocenters. The van der Waals surface area contributed by atoms with Crippen LogP contribution in [0.3, 0.4) is 0 Å². The molecular formula is C10H19NO2. The molecule has 0 aliphatic heterocycles. The van der Waals surface area contributed by atoms with Crippen molar-refractivity contribution in [1.82, 2.24) is 5.32 Å². The molecular weight excluding hydrogens is 166 g/mol. The van der Waals surface area contributed by atoms with E-state index in [1.54, 1.807) is 0 Å². The van der Waals surface area contributed by atoms with Crippen LogP contribution in [0, 0.1) is 17.8 Å². The minimum absolute atomic E-state index is 0.0187. The molecule has 3 heteroatoms. The van der Waals surface area contributed by atoms with Crippen LogP contribution in [0.4, 0.5) is 0 Å². The molecule has 2 N–H and O–H groups in total. The zero-order valence-electron chi connectivity index (χ0n) is 8.58. The SMILES string of the molecule is CC(CO)NC(=O)C1CC1C(C)C. The van der Waals surface area contributed by atoms with Crippen LogP contribution >= 0.6 is 0 Å². The van der Waals surface area contributed by atoms with Crippen molar-refractivity contribution < 1.29 is 9.90 Å². The fourth-order valence-electron chi connectivity index (χ4n) is 1.65. The average Bonchev–Trinajstić information content (AvgIpc) is 2.82.